The molecule has 0 saturated heterocycles. The van der Waals surface area contributed by atoms with Gasteiger partial charge in [-0.1, -0.05) is 77.9 Å². The molecule has 0 radical (unpaired) electrons. The largest absolute Gasteiger partial charge is 0.460 e. The Morgan fingerprint density at radius 3 is 2.12 bits per heavy atom. The number of alkyl carbamates (subject to hydrolysis) is 1. The molecule has 0 saturated carbocycles. The summed E-state index contributed by atoms with van der Waals surface area (Å²) in [5, 5.41) is 2.66. The fraction of sp³-hybridized carbons (Fsp3) is 0.333. The van der Waals surface area contributed by atoms with E-state index in [2.05, 4.69) is 25.2 Å². The first-order valence-electron chi connectivity index (χ1n) is 10.9. The zero-order valence-electron chi connectivity index (χ0n) is 19.2. The van der Waals surface area contributed by atoms with Crippen molar-refractivity contribution in [1.82, 2.24) is 5.32 Å². The van der Waals surface area contributed by atoms with E-state index in [4.69, 9.17) is 9.47 Å². The third kappa shape index (κ3) is 10.1. The second-order valence-corrected chi connectivity index (χ2v) is 7.95. The van der Waals surface area contributed by atoms with Crippen LogP contribution in [0.15, 0.2) is 84.0 Å². The fourth-order valence-corrected chi connectivity index (χ4v) is 3.01. The van der Waals surface area contributed by atoms with E-state index in [0.717, 1.165) is 29.5 Å². The van der Waals surface area contributed by atoms with Crippen LogP contribution in [0.3, 0.4) is 0 Å². The van der Waals surface area contributed by atoms with Gasteiger partial charge in [0.1, 0.15) is 19.3 Å². The van der Waals surface area contributed by atoms with Gasteiger partial charge in [-0.15, -0.1) is 0 Å². The van der Waals surface area contributed by atoms with E-state index in [0.29, 0.717) is 6.42 Å². The third-order valence-electron chi connectivity index (χ3n) is 4.82. The molecule has 1 atom stereocenters. The lowest BCUT2D eigenvalue weighted by molar-refractivity contribution is -0.144. The molecule has 0 fully saturated rings. The third-order valence-corrected chi connectivity index (χ3v) is 4.82. The van der Waals surface area contributed by atoms with E-state index in [1.807, 2.05) is 73.7 Å². The molecular weight excluding hydrogens is 402 g/mol. The number of carbonyl (C=O) groups is 2. The molecular formula is C27H33NO4. The Hall–Kier alpha value is -3.34. The van der Waals surface area contributed by atoms with Crippen LogP contribution in [0, 0.1) is 0 Å². The topological polar surface area (TPSA) is 64.6 Å². The van der Waals surface area contributed by atoms with Gasteiger partial charge in [-0.2, -0.15) is 0 Å². The quantitative estimate of drug-likeness (QED) is 0.360. The normalized spacial score (nSPS) is 11.9. The van der Waals surface area contributed by atoms with Gasteiger partial charge in [-0.05, 0) is 50.8 Å². The summed E-state index contributed by atoms with van der Waals surface area (Å²) in [4.78, 5) is 25.0. The first-order valence-corrected chi connectivity index (χ1v) is 10.9. The number of benzene rings is 2. The summed E-state index contributed by atoms with van der Waals surface area (Å²) in [6.45, 7) is 6.48. The van der Waals surface area contributed by atoms with Crippen molar-refractivity contribution in [3.63, 3.8) is 0 Å². The van der Waals surface area contributed by atoms with E-state index in [1.54, 1.807) is 0 Å². The van der Waals surface area contributed by atoms with Gasteiger partial charge < -0.3 is 14.8 Å². The van der Waals surface area contributed by atoms with Crippen molar-refractivity contribution in [3.8, 4) is 0 Å². The van der Waals surface area contributed by atoms with Crippen LogP contribution in [0.2, 0.25) is 0 Å². The van der Waals surface area contributed by atoms with Crippen molar-refractivity contribution in [1.29, 1.82) is 0 Å². The molecule has 1 N–H and O–H groups in total. The molecule has 2 aromatic rings. The number of amides is 1. The summed E-state index contributed by atoms with van der Waals surface area (Å²) >= 11 is 0. The molecule has 0 unspecified atom stereocenters. The van der Waals surface area contributed by atoms with Gasteiger partial charge in [-0.25, -0.2) is 9.59 Å². The van der Waals surface area contributed by atoms with Gasteiger partial charge in [0, 0.05) is 6.42 Å². The van der Waals surface area contributed by atoms with Crippen LogP contribution >= 0.6 is 0 Å². The zero-order valence-corrected chi connectivity index (χ0v) is 19.2. The second-order valence-electron chi connectivity index (χ2n) is 7.95. The lowest BCUT2D eigenvalue weighted by atomic mass is 10.1. The maximum absolute atomic E-state index is 12.7. The summed E-state index contributed by atoms with van der Waals surface area (Å²) in [6.07, 6.45) is 5.64. The van der Waals surface area contributed by atoms with Gasteiger partial charge in [0.05, 0.1) is 0 Å². The number of carbonyl (C=O) groups excluding carboxylic acids is 2. The molecule has 0 aliphatic heterocycles. The lowest BCUT2D eigenvalue weighted by Gasteiger charge is -2.17. The van der Waals surface area contributed by atoms with Crippen molar-refractivity contribution in [2.75, 3.05) is 6.61 Å². The summed E-state index contributed by atoms with van der Waals surface area (Å²) in [5.74, 6) is -0.487. The minimum Gasteiger partial charge on any atom is -0.460 e. The Balaban J connectivity index is 1.92. The van der Waals surface area contributed by atoms with Gasteiger partial charge in [-0.3, -0.25) is 0 Å². The Morgan fingerprint density at radius 2 is 1.50 bits per heavy atom. The van der Waals surface area contributed by atoms with E-state index in [1.165, 1.54) is 5.57 Å². The maximum Gasteiger partial charge on any atom is 0.408 e. The first-order chi connectivity index (χ1) is 15.4. The van der Waals surface area contributed by atoms with E-state index < -0.39 is 18.1 Å². The molecule has 2 rings (SSSR count). The molecule has 5 heteroatoms. The molecule has 32 heavy (non-hydrogen) atoms. The Labute approximate surface area is 191 Å². The van der Waals surface area contributed by atoms with Crippen LogP contribution < -0.4 is 5.32 Å². The van der Waals surface area contributed by atoms with Gasteiger partial charge in [0.25, 0.3) is 0 Å². The molecule has 1 amide bonds. The molecule has 0 spiro atoms. The van der Waals surface area contributed by atoms with Gasteiger partial charge >= 0.3 is 12.1 Å². The minimum absolute atomic E-state index is 0.132. The molecule has 0 aromatic heterocycles. The lowest BCUT2D eigenvalue weighted by Crippen LogP contribution is -2.43. The monoisotopic (exact) mass is 435 g/mol. The predicted molar refractivity (Wildman–Crippen MR) is 127 cm³/mol. The smallest absolute Gasteiger partial charge is 0.408 e. The standard InChI is InChI=1S/C27H33NO4/c1-21(2)11-10-12-22(3)17-18-31-26(29)25(19-23-13-6-4-7-14-23)28-27(30)32-20-24-15-8-5-9-16-24/h4-9,11,13-17,25H,10,12,18-20H2,1-3H3,(H,28,30)/b22-17+/t25-/m0/s1. The van der Waals surface area contributed by atoms with Crippen molar-refractivity contribution in [3.05, 3.63) is 95.1 Å². The van der Waals surface area contributed by atoms with Crippen molar-refractivity contribution in [2.45, 2.75) is 52.7 Å². The molecule has 2 aromatic carbocycles. The van der Waals surface area contributed by atoms with Gasteiger partial charge in [0.15, 0.2) is 0 Å². The molecule has 0 aliphatic rings. The van der Waals surface area contributed by atoms with E-state index in [9.17, 15) is 9.59 Å². The van der Waals surface area contributed by atoms with Crippen molar-refractivity contribution in [2.24, 2.45) is 0 Å². The van der Waals surface area contributed by atoms with Crippen LogP contribution in [0.5, 0.6) is 0 Å². The number of rotatable bonds is 11. The van der Waals surface area contributed by atoms with E-state index >= 15 is 0 Å². The summed E-state index contributed by atoms with van der Waals surface area (Å²) in [5.41, 5.74) is 4.24. The van der Waals surface area contributed by atoms with Gasteiger partial charge in [0.2, 0.25) is 0 Å². The van der Waals surface area contributed by atoms with Crippen LogP contribution in [-0.2, 0) is 27.3 Å². The van der Waals surface area contributed by atoms with Crippen LogP contribution in [0.25, 0.3) is 0 Å². The molecule has 170 valence electrons. The second kappa shape index (κ2) is 13.9. The highest BCUT2D eigenvalue weighted by Crippen LogP contribution is 2.09. The molecule has 0 bridgehead atoms. The maximum atomic E-state index is 12.7. The highest BCUT2D eigenvalue weighted by atomic mass is 16.6. The summed E-state index contributed by atoms with van der Waals surface area (Å²) < 4.78 is 10.7. The first kappa shape index (κ1) is 24.9. The predicted octanol–water partition coefficient (Wildman–Crippen LogP) is 5.76. The Morgan fingerprint density at radius 1 is 0.875 bits per heavy atom. The number of hydrogen-bond acceptors (Lipinski definition) is 4. The van der Waals surface area contributed by atoms with E-state index in [-0.39, 0.29) is 13.2 Å². The number of esters is 1. The number of ether oxygens (including phenoxy) is 2. The van der Waals surface area contributed by atoms with Crippen molar-refractivity contribution >= 4 is 12.1 Å². The summed E-state index contributed by atoms with van der Waals surface area (Å²) in [6, 6.07) is 18.1. The Bertz CT molecular complexity index is 900. The van der Waals surface area contributed by atoms with Crippen LogP contribution in [0.4, 0.5) is 4.79 Å². The zero-order chi connectivity index (χ0) is 23.2. The van der Waals surface area contributed by atoms with Crippen molar-refractivity contribution < 1.29 is 19.1 Å². The molecule has 5 nitrogen and oxygen atoms in total. The number of allylic oxidation sites excluding steroid dienone is 3. The molecule has 0 heterocycles. The molecule has 0 aliphatic carbocycles. The SMILES string of the molecule is CC(C)=CCC/C(C)=C/COC(=O)[C@H](Cc1ccccc1)NC(=O)OCc1ccccc1. The van der Waals surface area contributed by atoms with Crippen LogP contribution in [0.1, 0.15) is 44.7 Å². The van der Waals surface area contributed by atoms with Crippen LogP contribution in [-0.4, -0.2) is 24.7 Å². The summed E-state index contributed by atoms with van der Waals surface area (Å²) in [7, 11) is 0. The minimum atomic E-state index is -0.833. The highest BCUT2D eigenvalue weighted by Gasteiger charge is 2.23. The Kier molecular flexibility index (Phi) is 10.8. The highest BCUT2D eigenvalue weighted by molar-refractivity contribution is 5.81. The number of nitrogens with one attached hydrogen (secondary N) is 1. The number of hydrogen-bond donors (Lipinski definition) is 1. The average Bonchev–Trinajstić information content (AvgIpc) is 2.78. The average molecular weight is 436 g/mol. The fourth-order valence-electron chi connectivity index (χ4n) is 3.01.